The molecule has 8 heteroatoms. The van der Waals surface area contributed by atoms with Crippen molar-refractivity contribution < 1.29 is 18.7 Å². The molecule has 33 heavy (non-hydrogen) atoms. The van der Waals surface area contributed by atoms with E-state index in [2.05, 4.69) is 21.4 Å². The molecule has 0 saturated carbocycles. The minimum atomic E-state index is -0.473. The van der Waals surface area contributed by atoms with Crippen molar-refractivity contribution in [2.75, 3.05) is 25.0 Å². The maximum atomic E-state index is 12.3. The third kappa shape index (κ3) is 4.43. The summed E-state index contributed by atoms with van der Waals surface area (Å²) in [6.07, 6.45) is 3.32. The minimum Gasteiger partial charge on any atom is -0.463 e. The second-order valence-electron chi connectivity index (χ2n) is 8.95. The van der Waals surface area contributed by atoms with Crippen molar-refractivity contribution in [2.24, 2.45) is 13.0 Å². The van der Waals surface area contributed by atoms with E-state index in [0.29, 0.717) is 29.7 Å². The molecule has 2 bridgehead atoms. The zero-order valence-electron chi connectivity index (χ0n) is 18.9. The number of hydrogen-bond acceptors (Lipinski definition) is 6. The summed E-state index contributed by atoms with van der Waals surface area (Å²) in [5, 5.41) is 7.39. The van der Waals surface area contributed by atoms with Gasteiger partial charge in [-0.15, -0.1) is 0 Å². The number of furan rings is 1. The van der Waals surface area contributed by atoms with Crippen molar-refractivity contribution in [3.63, 3.8) is 0 Å². The number of anilines is 1. The van der Waals surface area contributed by atoms with Crippen molar-refractivity contribution >= 4 is 17.6 Å². The van der Waals surface area contributed by atoms with Gasteiger partial charge in [0.2, 0.25) is 0 Å². The summed E-state index contributed by atoms with van der Waals surface area (Å²) in [4.78, 5) is 26.1. The Morgan fingerprint density at radius 1 is 1.24 bits per heavy atom. The topological polar surface area (TPSA) is 89.6 Å². The molecule has 0 aliphatic carbocycles. The predicted octanol–water partition coefficient (Wildman–Crippen LogP) is 4.31. The smallest absolute Gasteiger partial charge is 0.411 e. The number of carbonyl (C=O) groups is 2. The summed E-state index contributed by atoms with van der Waals surface area (Å²) in [6, 6.07) is 13.0. The van der Waals surface area contributed by atoms with Gasteiger partial charge < -0.3 is 9.15 Å². The van der Waals surface area contributed by atoms with E-state index < -0.39 is 6.09 Å². The number of ether oxygens (including phenoxy) is 1. The fourth-order valence-corrected chi connectivity index (χ4v) is 5.13. The lowest BCUT2D eigenvalue weighted by molar-refractivity contribution is -0.00222. The van der Waals surface area contributed by atoms with Gasteiger partial charge in [-0.2, -0.15) is 5.10 Å². The third-order valence-electron chi connectivity index (χ3n) is 6.89. The normalized spacial score (nSPS) is 23.9. The van der Waals surface area contributed by atoms with Crippen LogP contribution in [-0.2, 0) is 11.8 Å². The molecule has 3 saturated heterocycles. The first-order chi connectivity index (χ1) is 16.0. The average Bonchev–Trinajstić information content (AvgIpc) is 3.48. The summed E-state index contributed by atoms with van der Waals surface area (Å²) in [5.74, 6) is 1.72. The fourth-order valence-electron chi connectivity index (χ4n) is 5.13. The van der Waals surface area contributed by atoms with Crippen LogP contribution in [0.1, 0.15) is 41.7 Å². The molecular formula is C25H28N4O4. The van der Waals surface area contributed by atoms with Crippen LogP contribution in [0.5, 0.6) is 0 Å². The summed E-state index contributed by atoms with van der Waals surface area (Å²) in [5.41, 5.74) is 3.31. The van der Waals surface area contributed by atoms with Gasteiger partial charge in [0.25, 0.3) is 0 Å². The molecule has 1 N–H and O–H groups in total. The molecular weight excluding hydrogens is 420 g/mol. The monoisotopic (exact) mass is 448 g/mol. The lowest BCUT2D eigenvalue weighted by Crippen LogP contribution is -2.54. The van der Waals surface area contributed by atoms with Gasteiger partial charge in [0, 0.05) is 42.5 Å². The number of hydrogen-bond donors (Lipinski definition) is 1. The van der Waals surface area contributed by atoms with Crippen molar-refractivity contribution in [2.45, 2.75) is 31.7 Å². The molecule has 8 nitrogen and oxygen atoms in total. The highest BCUT2D eigenvalue weighted by atomic mass is 16.5. The number of fused-ring (bicyclic) bond motifs is 3. The van der Waals surface area contributed by atoms with Crippen LogP contribution in [0.4, 0.5) is 10.5 Å². The molecule has 172 valence electrons. The van der Waals surface area contributed by atoms with Crippen molar-refractivity contribution in [1.82, 2.24) is 14.7 Å². The summed E-state index contributed by atoms with van der Waals surface area (Å²) in [7, 11) is 1.99. The van der Waals surface area contributed by atoms with Crippen LogP contribution in [-0.4, -0.2) is 52.3 Å². The van der Waals surface area contributed by atoms with E-state index in [1.54, 1.807) is 30.5 Å². The van der Waals surface area contributed by atoms with Crippen molar-refractivity contribution in [3.05, 3.63) is 60.0 Å². The Morgan fingerprint density at radius 3 is 2.73 bits per heavy atom. The largest absolute Gasteiger partial charge is 0.463 e. The zero-order chi connectivity index (χ0) is 22.9. The van der Waals surface area contributed by atoms with Gasteiger partial charge in [-0.05, 0) is 74.7 Å². The number of benzene rings is 1. The molecule has 4 unspecified atom stereocenters. The first-order valence-electron chi connectivity index (χ1n) is 11.3. The van der Waals surface area contributed by atoms with Gasteiger partial charge in [-0.25, -0.2) is 4.79 Å². The number of Topliss-reactive ketones (excluding diaryl/α,β-unsaturated/α-hetero) is 1. The average molecular weight is 449 g/mol. The Morgan fingerprint density at radius 2 is 2.06 bits per heavy atom. The van der Waals surface area contributed by atoms with E-state index in [9.17, 15) is 9.59 Å². The number of nitrogens with one attached hydrogen (secondary N) is 1. The summed E-state index contributed by atoms with van der Waals surface area (Å²) >= 11 is 0. The number of nitrogens with zero attached hydrogens (tertiary/aromatic N) is 3. The number of carbonyl (C=O) groups excluding carboxylic acids is 2. The lowest BCUT2D eigenvalue weighted by atomic mass is 9.74. The van der Waals surface area contributed by atoms with Crippen LogP contribution in [0.25, 0.3) is 11.5 Å². The molecule has 4 atom stereocenters. The zero-order valence-corrected chi connectivity index (χ0v) is 18.9. The molecule has 3 aliphatic rings. The van der Waals surface area contributed by atoms with Gasteiger partial charge in [0.15, 0.2) is 11.5 Å². The molecule has 1 aromatic carbocycles. The van der Waals surface area contributed by atoms with Crippen LogP contribution in [0.2, 0.25) is 0 Å². The van der Waals surface area contributed by atoms with Crippen molar-refractivity contribution in [1.29, 1.82) is 0 Å². The fraction of sp³-hybridized carbons (Fsp3) is 0.400. The third-order valence-corrected chi connectivity index (χ3v) is 6.89. The SMILES string of the molecule is CC(=O)c1ccc(NC(=O)OCC2CC3CCN2CC3c2cc(-c3ccco3)nn2C)cc1. The van der Waals surface area contributed by atoms with Gasteiger partial charge in [-0.3, -0.25) is 19.7 Å². The van der Waals surface area contributed by atoms with Crippen LogP contribution < -0.4 is 5.32 Å². The highest BCUT2D eigenvalue weighted by Crippen LogP contribution is 2.42. The van der Waals surface area contributed by atoms with E-state index in [1.807, 2.05) is 23.9 Å². The number of piperidine rings is 3. The van der Waals surface area contributed by atoms with E-state index in [1.165, 1.54) is 12.6 Å². The van der Waals surface area contributed by atoms with Gasteiger partial charge in [0.1, 0.15) is 12.3 Å². The molecule has 3 aromatic rings. The number of ketones is 1. The Kier molecular flexibility index (Phi) is 5.76. The number of rotatable bonds is 6. The van der Waals surface area contributed by atoms with Crippen LogP contribution in [0.3, 0.4) is 0 Å². The molecule has 1 amide bonds. The first kappa shape index (κ1) is 21.5. The molecule has 3 fully saturated rings. The molecule has 5 heterocycles. The number of aryl methyl sites for hydroxylation is 1. The van der Waals surface area contributed by atoms with Gasteiger partial charge in [-0.1, -0.05) is 0 Å². The first-order valence-corrected chi connectivity index (χ1v) is 11.3. The number of aromatic nitrogens is 2. The second-order valence-corrected chi connectivity index (χ2v) is 8.95. The van der Waals surface area contributed by atoms with Crippen LogP contribution in [0.15, 0.2) is 53.1 Å². The van der Waals surface area contributed by atoms with Crippen LogP contribution >= 0.6 is 0 Å². The van der Waals surface area contributed by atoms with E-state index in [4.69, 9.17) is 9.15 Å². The van der Waals surface area contributed by atoms with E-state index >= 15 is 0 Å². The van der Waals surface area contributed by atoms with Crippen LogP contribution in [0, 0.1) is 5.92 Å². The molecule has 6 rings (SSSR count). The van der Waals surface area contributed by atoms with Gasteiger partial charge in [0.05, 0.1) is 6.26 Å². The minimum absolute atomic E-state index is 0.00727. The summed E-state index contributed by atoms with van der Waals surface area (Å²) in [6.45, 7) is 3.83. The standard InChI is InChI=1S/C25H28N4O4/c1-16(30)17-5-7-19(8-6-17)26-25(31)33-15-20-12-18-9-10-29(20)14-21(18)23-13-22(27-28(23)2)24-4-3-11-32-24/h3-8,11,13,18,20-21H,9-10,12,14-15H2,1-2H3,(H,26,31). The maximum Gasteiger partial charge on any atom is 0.411 e. The molecule has 0 spiro atoms. The number of amides is 1. The Bertz CT molecular complexity index is 1140. The van der Waals surface area contributed by atoms with Gasteiger partial charge >= 0.3 is 6.09 Å². The quantitative estimate of drug-likeness (QED) is 0.565. The highest BCUT2D eigenvalue weighted by molar-refractivity contribution is 5.94. The Labute approximate surface area is 192 Å². The molecule has 3 aliphatic heterocycles. The summed E-state index contributed by atoms with van der Waals surface area (Å²) < 4.78 is 13.0. The predicted molar refractivity (Wildman–Crippen MR) is 123 cm³/mol. The lowest BCUT2D eigenvalue weighted by Gasteiger charge is -2.49. The second kappa shape index (κ2) is 8.86. The maximum absolute atomic E-state index is 12.3. The Balaban J connectivity index is 1.17. The molecule has 0 radical (unpaired) electrons. The van der Waals surface area contributed by atoms with Crippen molar-refractivity contribution in [3.8, 4) is 11.5 Å². The highest BCUT2D eigenvalue weighted by Gasteiger charge is 2.42. The van der Waals surface area contributed by atoms with E-state index in [0.717, 1.165) is 37.4 Å². The molecule has 2 aromatic heterocycles. The Hall–Kier alpha value is -3.39. The van der Waals surface area contributed by atoms with E-state index in [-0.39, 0.29) is 11.8 Å².